The SMILES string of the molecule is CC(C)(C)N(N)C(C)(C)C.CC(C)(C)N(N)C(C)(C)C.O=C(O)CCCCCCCC(=O)O. The van der Waals surface area contributed by atoms with E-state index in [4.69, 9.17) is 21.9 Å². The average molecular weight is 477 g/mol. The average Bonchev–Trinajstić information content (AvgIpc) is 2.57. The molecule has 0 aromatic rings. The van der Waals surface area contributed by atoms with Gasteiger partial charge < -0.3 is 10.2 Å². The Hall–Kier alpha value is -1.22. The number of nitrogens with two attached hydrogens (primary N) is 2. The molecule has 33 heavy (non-hydrogen) atoms. The monoisotopic (exact) mass is 476 g/mol. The number of carboxylic acids is 2. The van der Waals surface area contributed by atoms with Crippen LogP contribution in [0.25, 0.3) is 0 Å². The van der Waals surface area contributed by atoms with E-state index in [2.05, 4.69) is 83.1 Å². The third-order valence-corrected chi connectivity index (χ3v) is 4.67. The van der Waals surface area contributed by atoms with E-state index in [-0.39, 0.29) is 35.0 Å². The second kappa shape index (κ2) is 15.6. The highest BCUT2D eigenvalue weighted by Crippen LogP contribution is 2.20. The molecule has 0 aliphatic heterocycles. The fourth-order valence-electron chi connectivity index (χ4n) is 3.10. The highest BCUT2D eigenvalue weighted by Gasteiger charge is 2.28. The van der Waals surface area contributed by atoms with Crippen molar-refractivity contribution in [2.45, 2.75) is 150 Å². The minimum atomic E-state index is -0.759. The molecule has 0 fully saturated rings. The highest BCUT2D eigenvalue weighted by molar-refractivity contribution is 5.66. The molecule has 8 heteroatoms. The number of nitrogens with zero attached hydrogens (tertiary/aromatic N) is 2. The molecule has 0 atom stereocenters. The lowest BCUT2D eigenvalue weighted by Crippen LogP contribution is -2.56. The molecule has 0 saturated carbocycles. The van der Waals surface area contributed by atoms with Crippen LogP contribution in [0.3, 0.4) is 0 Å². The zero-order chi connectivity index (χ0) is 27.3. The fraction of sp³-hybridized carbons (Fsp3) is 0.920. The zero-order valence-electron chi connectivity index (χ0n) is 23.7. The molecule has 0 rings (SSSR count). The second-order valence-corrected chi connectivity index (χ2v) is 12.5. The summed E-state index contributed by atoms with van der Waals surface area (Å²) in [4.78, 5) is 20.2. The molecule has 0 saturated heterocycles. The van der Waals surface area contributed by atoms with Gasteiger partial charge in [0.15, 0.2) is 0 Å². The molecule has 0 aliphatic carbocycles. The first-order chi connectivity index (χ1) is 14.4. The van der Waals surface area contributed by atoms with Gasteiger partial charge in [0.25, 0.3) is 0 Å². The third-order valence-electron chi connectivity index (χ3n) is 4.67. The second-order valence-electron chi connectivity index (χ2n) is 12.5. The van der Waals surface area contributed by atoms with Gasteiger partial charge in [-0.15, -0.1) is 0 Å². The molecule has 0 aliphatic rings. The molecular weight excluding hydrogens is 420 g/mol. The normalized spacial score (nSPS) is 12.6. The minimum absolute atomic E-state index is 0.0538. The maximum atomic E-state index is 10.1. The van der Waals surface area contributed by atoms with E-state index < -0.39 is 11.9 Å². The summed E-state index contributed by atoms with van der Waals surface area (Å²) in [6.07, 6.45) is 4.53. The van der Waals surface area contributed by atoms with Gasteiger partial charge >= 0.3 is 11.9 Å². The standard InChI is InChI=1S/C9H16O4.2C8H20N2/c10-8(11)6-4-2-1-3-5-7-9(12)13;2*1-7(2,3)10(9)8(4,5)6/h1-7H2,(H,10,11)(H,12,13);2*9H2,1-6H3. The van der Waals surface area contributed by atoms with E-state index >= 15 is 0 Å². The van der Waals surface area contributed by atoms with Gasteiger partial charge in [-0.05, 0) is 95.9 Å². The molecule has 0 radical (unpaired) electrons. The lowest BCUT2D eigenvalue weighted by atomic mass is 9.99. The van der Waals surface area contributed by atoms with Crippen LogP contribution in [0.15, 0.2) is 0 Å². The Balaban J connectivity index is -0.000000415. The van der Waals surface area contributed by atoms with Crippen molar-refractivity contribution in [3.8, 4) is 0 Å². The molecule has 0 bridgehead atoms. The number of aliphatic carboxylic acids is 2. The molecule has 0 amide bonds. The summed E-state index contributed by atoms with van der Waals surface area (Å²) < 4.78 is 0. The van der Waals surface area contributed by atoms with Crippen molar-refractivity contribution >= 4 is 11.9 Å². The summed E-state index contributed by atoms with van der Waals surface area (Å²) in [6.45, 7) is 25.3. The molecule has 0 heterocycles. The van der Waals surface area contributed by atoms with E-state index in [1.54, 1.807) is 0 Å². The Morgan fingerprint density at radius 3 is 0.818 bits per heavy atom. The first-order valence-electron chi connectivity index (χ1n) is 12.0. The topological polar surface area (TPSA) is 133 Å². The smallest absolute Gasteiger partial charge is 0.303 e. The van der Waals surface area contributed by atoms with Crippen LogP contribution in [0.2, 0.25) is 0 Å². The van der Waals surface area contributed by atoms with Gasteiger partial charge in [-0.1, -0.05) is 19.3 Å². The van der Waals surface area contributed by atoms with Crippen molar-refractivity contribution in [3.05, 3.63) is 0 Å². The van der Waals surface area contributed by atoms with E-state index in [1.807, 2.05) is 10.0 Å². The van der Waals surface area contributed by atoms with Crippen LogP contribution in [-0.4, -0.2) is 54.3 Å². The molecule has 6 N–H and O–H groups in total. The molecule has 0 spiro atoms. The summed E-state index contributed by atoms with van der Waals surface area (Å²) in [5.41, 5.74) is 0.215. The van der Waals surface area contributed by atoms with Crippen molar-refractivity contribution in [1.29, 1.82) is 0 Å². The summed E-state index contributed by atoms with van der Waals surface area (Å²) in [6, 6.07) is 0. The minimum Gasteiger partial charge on any atom is -0.481 e. The van der Waals surface area contributed by atoms with Crippen LogP contribution < -0.4 is 11.7 Å². The van der Waals surface area contributed by atoms with Gasteiger partial charge in [-0.25, -0.2) is 10.0 Å². The van der Waals surface area contributed by atoms with Crippen molar-refractivity contribution in [2.75, 3.05) is 0 Å². The van der Waals surface area contributed by atoms with Gasteiger partial charge in [-0.2, -0.15) is 0 Å². The van der Waals surface area contributed by atoms with Crippen molar-refractivity contribution < 1.29 is 19.8 Å². The molecule has 0 unspecified atom stereocenters. The Bertz CT molecular complexity index is 463. The summed E-state index contributed by atoms with van der Waals surface area (Å²) in [7, 11) is 0. The van der Waals surface area contributed by atoms with Crippen LogP contribution in [0.1, 0.15) is 128 Å². The van der Waals surface area contributed by atoms with Crippen LogP contribution in [0.4, 0.5) is 0 Å². The fourth-order valence-corrected chi connectivity index (χ4v) is 3.10. The number of rotatable bonds is 8. The van der Waals surface area contributed by atoms with Gasteiger partial charge in [0.1, 0.15) is 0 Å². The van der Waals surface area contributed by atoms with E-state index in [9.17, 15) is 9.59 Å². The lowest BCUT2D eigenvalue weighted by molar-refractivity contribution is -0.138. The largest absolute Gasteiger partial charge is 0.481 e. The van der Waals surface area contributed by atoms with E-state index in [0.29, 0.717) is 12.8 Å². The summed E-state index contributed by atoms with van der Waals surface area (Å²) >= 11 is 0. The van der Waals surface area contributed by atoms with E-state index in [0.717, 1.165) is 19.3 Å². The molecule has 200 valence electrons. The predicted octanol–water partition coefficient (Wildman–Crippen LogP) is 5.40. The zero-order valence-corrected chi connectivity index (χ0v) is 23.7. The van der Waals surface area contributed by atoms with Crippen molar-refractivity contribution in [1.82, 2.24) is 10.0 Å². The van der Waals surface area contributed by atoms with Crippen molar-refractivity contribution in [2.24, 2.45) is 11.7 Å². The number of carbonyl (C=O) groups is 2. The molecule has 8 nitrogen and oxygen atoms in total. The van der Waals surface area contributed by atoms with Crippen molar-refractivity contribution in [3.63, 3.8) is 0 Å². The van der Waals surface area contributed by atoms with Crippen LogP contribution in [0, 0.1) is 0 Å². The Morgan fingerprint density at radius 2 is 0.697 bits per heavy atom. The predicted molar refractivity (Wildman–Crippen MR) is 139 cm³/mol. The Kier molecular flexibility index (Phi) is 17.2. The number of hydrazine groups is 2. The number of hydrogen-bond acceptors (Lipinski definition) is 6. The van der Waals surface area contributed by atoms with Gasteiger partial charge in [0.2, 0.25) is 0 Å². The maximum Gasteiger partial charge on any atom is 0.303 e. The first kappa shape index (κ1) is 36.4. The summed E-state index contributed by atoms with van der Waals surface area (Å²) in [5, 5.41) is 20.4. The maximum absolute atomic E-state index is 10.1. The Morgan fingerprint density at radius 1 is 0.515 bits per heavy atom. The first-order valence-corrected chi connectivity index (χ1v) is 12.0. The highest BCUT2D eigenvalue weighted by atomic mass is 16.4. The summed E-state index contributed by atoms with van der Waals surface area (Å²) in [5.74, 6) is 10.2. The number of unbranched alkanes of at least 4 members (excludes halogenated alkanes) is 4. The third kappa shape index (κ3) is 23.7. The van der Waals surface area contributed by atoms with Crippen LogP contribution >= 0.6 is 0 Å². The van der Waals surface area contributed by atoms with Gasteiger partial charge in [0.05, 0.1) is 0 Å². The number of hydrogen-bond donors (Lipinski definition) is 4. The van der Waals surface area contributed by atoms with E-state index in [1.165, 1.54) is 0 Å². The lowest BCUT2D eigenvalue weighted by Gasteiger charge is -2.41. The Labute approximate surface area is 204 Å². The van der Waals surface area contributed by atoms with Gasteiger partial charge in [0, 0.05) is 35.0 Å². The van der Waals surface area contributed by atoms with Gasteiger partial charge in [-0.3, -0.25) is 21.3 Å². The number of carboxylic acid groups (broad SMARTS) is 2. The van der Waals surface area contributed by atoms with Crippen LogP contribution in [-0.2, 0) is 9.59 Å². The quantitative estimate of drug-likeness (QED) is 0.208. The molecular formula is C25H56N4O4. The molecule has 0 aromatic heterocycles. The molecule has 0 aromatic carbocycles. The van der Waals surface area contributed by atoms with Crippen LogP contribution in [0.5, 0.6) is 0 Å².